The van der Waals surface area contributed by atoms with E-state index in [1.54, 1.807) is 12.1 Å². The van der Waals surface area contributed by atoms with Crippen LogP contribution in [-0.2, 0) is 6.42 Å². The van der Waals surface area contributed by atoms with Crippen molar-refractivity contribution >= 4 is 11.6 Å². The minimum Gasteiger partial charge on any atom is -0.384 e. The Balaban J connectivity index is 1.93. The van der Waals surface area contributed by atoms with Crippen LogP contribution in [0.4, 0.5) is 18.9 Å². The van der Waals surface area contributed by atoms with E-state index >= 15 is 0 Å². The molecule has 1 aromatic rings. The number of halogens is 3. The first-order valence-electron chi connectivity index (χ1n) is 5.67. The summed E-state index contributed by atoms with van der Waals surface area (Å²) in [6, 6.07) is 5.13. The Labute approximate surface area is 102 Å². The van der Waals surface area contributed by atoms with Crippen molar-refractivity contribution in [1.29, 1.82) is 0 Å². The Morgan fingerprint density at radius 2 is 2.17 bits per heavy atom. The van der Waals surface area contributed by atoms with Crippen LogP contribution >= 0.6 is 0 Å². The molecule has 0 saturated carbocycles. The van der Waals surface area contributed by atoms with Crippen molar-refractivity contribution in [1.82, 2.24) is 5.32 Å². The van der Waals surface area contributed by atoms with Crippen LogP contribution in [0.5, 0.6) is 0 Å². The molecule has 0 spiro atoms. The molecule has 0 bridgehead atoms. The van der Waals surface area contributed by atoms with E-state index in [9.17, 15) is 18.0 Å². The number of anilines is 1. The maximum atomic E-state index is 11.9. The van der Waals surface area contributed by atoms with Crippen LogP contribution in [0.1, 0.15) is 22.3 Å². The zero-order chi connectivity index (χ0) is 13.2. The van der Waals surface area contributed by atoms with Gasteiger partial charge in [0, 0.05) is 24.3 Å². The molecule has 0 radical (unpaired) electrons. The number of fused-ring (bicyclic) bond motifs is 1. The number of amides is 1. The van der Waals surface area contributed by atoms with Gasteiger partial charge in [-0.15, -0.1) is 0 Å². The maximum absolute atomic E-state index is 11.9. The van der Waals surface area contributed by atoms with Gasteiger partial charge in [-0.3, -0.25) is 4.79 Å². The minimum atomic E-state index is -4.24. The first-order valence-corrected chi connectivity index (χ1v) is 5.67. The summed E-state index contributed by atoms with van der Waals surface area (Å²) in [5.74, 6) is -0.476. The molecule has 1 heterocycles. The smallest absolute Gasteiger partial charge is 0.384 e. The van der Waals surface area contributed by atoms with Gasteiger partial charge in [0.1, 0.15) is 0 Å². The molecule has 1 aliphatic rings. The van der Waals surface area contributed by atoms with Gasteiger partial charge < -0.3 is 10.6 Å². The Morgan fingerprint density at radius 1 is 1.39 bits per heavy atom. The van der Waals surface area contributed by atoms with E-state index in [0.29, 0.717) is 5.56 Å². The molecule has 1 aliphatic heterocycles. The molecule has 2 rings (SSSR count). The molecular formula is C12H13F3N2O. The fraction of sp³-hybridized carbons (Fsp3) is 0.417. The normalized spacial score (nSPS) is 13.9. The average Bonchev–Trinajstić information content (AvgIpc) is 2.73. The fourth-order valence-corrected chi connectivity index (χ4v) is 1.85. The summed E-state index contributed by atoms with van der Waals surface area (Å²) in [7, 11) is 0. The van der Waals surface area contributed by atoms with Crippen LogP contribution in [0.3, 0.4) is 0 Å². The molecule has 0 atom stereocenters. The number of carbonyl (C=O) groups is 1. The molecule has 2 N–H and O–H groups in total. The molecule has 18 heavy (non-hydrogen) atoms. The van der Waals surface area contributed by atoms with E-state index in [1.807, 2.05) is 6.07 Å². The molecule has 0 saturated heterocycles. The highest BCUT2D eigenvalue weighted by Crippen LogP contribution is 2.23. The molecule has 98 valence electrons. The first-order chi connectivity index (χ1) is 8.46. The number of rotatable bonds is 3. The van der Waals surface area contributed by atoms with Crippen molar-refractivity contribution < 1.29 is 18.0 Å². The Hall–Kier alpha value is -1.72. The van der Waals surface area contributed by atoms with Crippen LogP contribution in [0.25, 0.3) is 0 Å². The standard InChI is InChI=1S/C12H13F3N2O/c13-12(14,15)4-6-17-11(18)9-2-1-8-3-5-16-10(8)7-9/h1-2,7,16H,3-6H2,(H,17,18). The third-order valence-electron chi connectivity index (χ3n) is 2.78. The van der Waals surface area contributed by atoms with Crippen LogP contribution in [0.2, 0.25) is 0 Å². The van der Waals surface area contributed by atoms with E-state index < -0.39 is 25.0 Å². The van der Waals surface area contributed by atoms with Crippen molar-refractivity contribution in [3.63, 3.8) is 0 Å². The third-order valence-corrected chi connectivity index (χ3v) is 2.78. The Bertz CT molecular complexity index is 457. The molecule has 3 nitrogen and oxygen atoms in total. The lowest BCUT2D eigenvalue weighted by Crippen LogP contribution is -2.27. The quantitative estimate of drug-likeness (QED) is 0.873. The second-order valence-electron chi connectivity index (χ2n) is 4.17. The van der Waals surface area contributed by atoms with Gasteiger partial charge in [0.25, 0.3) is 5.91 Å². The largest absolute Gasteiger partial charge is 0.390 e. The summed E-state index contributed by atoms with van der Waals surface area (Å²) in [5, 5.41) is 5.38. The highest BCUT2D eigenvalue weighted by molar-refractivity contribution is 5.95. The molecule has 0 fully saturated rings. The second-order valence-corrected chi connectivity index (χ2v) is 4.17. The van der Waals surface area contributed by atoms with Crippen LogP contribution in [0.15, 0.2) is 18.2 Å². The monoisotopic (exact) mass is 258 g/mol. The minimum absolute atomic E-state index is 0.380. The summed E-state index contributed by atoms with van der Waals surface area (Å²) in [6.45, 7) is 0.432. The number of hydrogen-bond donors (Lipinski definition) is 2. The van der Waals surface area contributed by atoms with Gasteiger partial charge in [-0.2, -0.15) is 13.2 Å². The molecule has 0 unspecified atom stereocenters. The molecule has 0 aromatic heterocycles. The zero-order valence-corrected chi connectivity index (χ0v) is 9.60. The van der Waals surface area contributed by atoms with Crippen molar-refractivity contribution in [2.24, 2.45) is 0 Å². The molecule has 1 amide bonds. The maximum Gasteiger partial charge on any atom is 0.390 e. The van der Waals surface area contributed by atoms with E-state index in [4.69, 9.17) is 0 Å². The van der Waals surface area contributed by atoms with Crippen molar-refractivity contribution in [3.8, 4) is 0 Å². The van der Waals surface area contributed by atoms with Gasteiger partial charge in [0.05, 0.1) is 6.42 Å². The lowest BCUT2D eigenvalue weighted by Gasteiger charge is -2.08. The van der Waals surface area contributed by atoms with Crippen LogP contribution in [-0.4, -0.2) is 25.2 Å². The first kappa shape index (κ1) is 12.7. The summed E-state index contributed by atoms with van der Waals surface area (Å²) < 4.78 is 35.8. The second kappa shape index (κ2) is 4.88. The van der Waals surface area contributed by atoms with Gasteiger partial charge in [0.2, 0.25) is 0 Å². The highest BCUT2D eigenvalue weighted by atomic mass is 19.4. The summed E-state index contributed by atoms with van der Waals surface area (Å²) in [4.78, 5) is 11.6. The molecule has 0 aliphatic carbocycles. The van der Waals surface area contributed by atoms with Gasteiger partial charge in [-0.05, 0) is 24.1 Å². The summed E-state index contributed by atoms with van der Waals surface area (Å²) in [5.41, 5.74) is 2.39. The summed E-state index contributed by atoms with van der Waals surface area (Å²) in [6.07, 6.45) is -4.35. The predicted octanol–water partition coefficient (Wildman–Crippen LogP) is 2.34. The number of benzene rings is 1. The van der Waals surface area contributed by atoms with E-state index in [0.717, 1.165) is 24.2 Å². The van der Waals surface area contributed by atoms with E-state index in [2.05, 4.69) is 10.6 Å². The lowest BCUT2D eigenvalue weighted by molar-refractivity contribution is -0.132. The zero-order valence-electron chi connectivity index (χ0n) is 9.60. The van der Waals surface area contributed by atoms with Gasteiger partial charge in [-0.25, -0.2) is 0 Å². The third kappa shape index (κ3) is 3.15. The van der Waals surface area contributed by atoms with Crippen molar-refractivity contribution in [3.05, 3.63) is 29.3 Å². The van der Waals surface area contributed by atoms with Crippen LogP contribution in [0, 0.1) is 0 Å². The van der Waals surface area contributed by atoms with Gasteiger partial charge in [-0.1, -0.05) is 6.07 Å². The number of nitrogens with one attached hydrogen (secondary N) is 2. The Kier molecular flexibility index (Phi) is 3.45. The number of hydrogen-bond acceptors (Lipinski definition) is 2. The van der Waals surface area contributed by atoms with Gasteiger partial charge in [0.15, 0.2) is 0 Å². The fourth-order valence-electron chi connectivity index (χ4n) is 1.85. The average molecular weight is 258 g/mol. The van der Waals surface area contributed by atoms with Gasteiger partial charge >= 0.3 is 6.18 Å². The van der Waals surface area contributed by atoms with E-state index in [-0.39, 0.29) is 0 Å². The topological polar surface area (TPSA) is 41.1 Å². The molecule has 6 heteroatoms. The van der Waals surface area contributed by atoms with E-state index in [1.165, 1.54) is 0 Å². The molecular weight excluding hydrogens is 245 g/mol. The lowest BCUT2D eigenvalue weighted by atomic mass is 10.1. The SMILES string of the molecule is O=C(NCCC(F)(F)F)c1ccc2c(c1)NCC2. The van der Waals surface area contributed by atoms with Crippen LogP contribution < -0.4 is 10.6 Å². The summed E-state index contributed by atoms with van der Waals surface area (Å²) >= 11 is 0. The number of alkyl halides is 3. The van der Waals surface area contributed by atoms with Crippen molar-refractivity contribution in [2.45, 2.75) is 19.0 Å². The Morgan fingerprint density at radius 3 is 2.89 bits per heavy atom. The predicted molar refractivity (Wildman–Crippen MR) is 61.6 cm³/mol. The highest BCUT2D eigenvalue weighted by Gasteiger charge is 2.26. The van der Waals surface area contributed by atoms with Crippen molar-refractivity contribution in [2.75, 3.05) is 18.4 Å². The number of carbonyl (C=O) groups excluding carboxylic acids is 1. The molecule has 1 aromatic carbocycles.